The molecule has 0 heterocycles. The van der Waals surface area contributed by atoms with Crippen molar-refractivity contribution in [3.8, 4) is 5.75 Å². The van der Waals surface area contributed by atoms with Crippen molar-refractivity contribution in [3.05, 3.63) is 138 Å². The quantitative estimate of drug-likeness (QED) is 0.121. The zero-order valence-electron chi connectivity index (χ0n) is 23.4. The van der Waals surface area contributed by atoms with E-state index in [4.69, 9.17) is 4.74 Å². The van der Waals surface area contributed by atoms with E-state index >= 15 is 0 Å². The number of benzene rings is 5. The monoisotopic (exact) mass is 587 g/mol. The maximum absolute atomic E-state index is 13.3. The van der Waals surface area contributed by atoms with E-state index in [1.807, 2.05) is 72.8 Å². The van der Waals surface area contributed by atoms with Crippen LogP contribution >= 0.6 is 11.8 Å². The molecule has 214 valence electrons. The van der Waals surface area contributed by atoms with Crippen LogP contribution in [0.4, 0.5) is 11.4 Å². The molecule has 0 aromatic heterocycles. The first-order chi connectivity index (χ1) is 21.0. The number of nitrogens with one attached hydrogen (secondary N) is 3. The number of amides is 3. The Balaban J connectivity index is 1.23. The topological polar surface area (TPSA) is 96.5 Å². The Hall–Kier alpha value is -5.34. The van der Waals surface area contributed by atoms with Gasteiger partial charge in [0, 0.05) is 27.4 Å². The molecule has 0 spiro atoms. The molecule has 5 aromatic carbocycles. The second kappa shape index (κ2) is 14.0. The van der Waals surface area contributed by atoms with E-state index in [1.54, 1.807) is 61.7 Å². The number of fused-ring (bicyclic) bond motifs is 1. The molecular weight excluding hydrogens is 558 g/mol. The Kier molecular flexibility index (Phi) is 9.51. The van der Waals surface area contributed by atoms with E-state index in [9.17, 15) is 14.4 Å². The van der Waals surface area contributed by atoms with Gasteiger partial charge >= 0.3 is 0 Å². The molecular formula is C35H29N3O4S. The summed E-state index contributed by atoms with van der Waals surface area (Å²) in [6.07, 6.45) is 1.58. The van der Waals surface area contributed by atoms with Gasteiger partial charge in [-0.25, -0.2) is 0 Å². The average molecular weight is 588 g/mol. The zero-order valence-corrected chi connectivity index (χ0v) is 24.2. The van der Waals surface area contributed by atoms with Gasteiger partial charge in [-0.1, -0.05) is 66.7 Å². The summed E-state index contributed by atoms with van der Waals surface area (Å²) in [5.74, 6) is -0.225. The lowest BCUT2D eigenvalue weighted by Gasteiger charge is -2.13. The van der Waals surface area contributed by atoms with E-state index in [-0.39, 0.29) is 17.4 Å². The number of hydrogen-bond acceptors (Lipinski definition) is 5. The average Bonchev–Trinajstić information content (AvgIpc) is 3.04. The molecule has 0 saturated heterocycles. The summed E-state index contributed by atoms with van der Waals surface area (Å²) in [5, 5.41) is 10.7. The molecule has 0 bridgehead atoms. The van der Waals surface area contributed by atoms with Crippen molar-refractivity contribution >= 4 is 57.7 Å². The predicted molar refractivity (Wildman–Crippen MR) is 173 cm³/mol. The number of carbonyl (C=O) groups is 3. The minimum absolute atomic E-state index is 0.0576. The Morgan fingerprint density at radius 1 is 0.721 bits per heavy atom. The fraction of sp³-hybridized carbons (Fsp3) is 0.0571. The highest BCUT2D eigenvalue weighted by atomic mass is 32.2. The van der Waals surface area contributed by atoms with Crippen molar-refractivity contribution in [2.45, 2.75) is 4.90 Å². The Morgan fingerprint density at radius 2 is 1.40 bits per heavy atom. The first-order valence-electron chi connectivity index (χ1n) is 13.5. The van der Waals surface area contributed by atoms with Crippen molar-refractivity contribution in [2.24, 2.45) is 0 Å². The molecule has 0 atom stereocenters. The number of methoxy groups -OCH3 is 1. The Bertz CT molecular complexity index is 1790. The van der Waals surface area contributed by atoms with E-state index in [1.165, 1.54) is 11.8 Å². The van der Waals surface area contributed by atoms with E-state index in [0.717, 1.165) is 21.4 Å². The zero-order chi connectivity index (χ0) is 30.0. The van der Waals surface area contributed by atoms with Crippen LogP contribution < -0.4 is 20.7 Å². The predicted octanol–water partition coefficient (Wildman–Crippen LogP) is 6.99. The molecule has 0 radical (unpaired) electrons. The standard InChI is InChI=1S/C35H29N3O4S/c1-42-32-14-8-7-13-27(32)22-31(38-34(40)25-10-3-2-4-11-25)35(41)37-28-17-19-30(20-18-28)43-23-33(39)36-29-16-15-24-9-5-6-12-26(24)21-29/h2-22H,23H2,1H3,(H,36,39)(H,37,41)(H,38,40)/b31-22-. The lowest BCUT2D eigenvalue weighted by Crippen LogP contribution is -2.30. The van der Waals surface area contributed by atoms with Crippen molar-refractivity contribution < 1.29 is 19.1 Å². The van der Waals surface area contributed by atoms with Gasteiger partial charge in [-0.15, -0.1) is 11.8 Å². The van der Waals surface area contributed by atoms with E-state index in [2.05, 4.69) is 16.0 Å². The van der Waals surface area contributed by atoms with Crippen molar-refractivity contribution in [2.75, 3.05) is 23.5 Å². The van der Waals surface area contributed by atoms with Crippen LogP contribution in [0.1, 0.15) is 15.9 Å². The van der Waals surface area contributed by atoms with Crippen LogP contribution in [0.2, 0.25) is 0 Å². The Labute approximate surface area is 254 Å². The number of rotatable bonds is 10. The lowest BCUT2D eigenvalue weighted by atomic mass is 10.1. The first-order valence-corrected chi connectivity index (χ1v) is 14.5. The number of ether oxygens (including phenoxy) is 1. The van der Waals surface area contributed by atoms with Gasteiger partial charge < -0.3 is 20.7 Å². The molecule has 5 aromatic rings. The Morgan fingerprint density at radius 3 is 2.16 bits per heavy atom. The number of carbonyl (C=O) groups excluding carboxylic acids is 3. The van der Waals surface area contributed by atoms with Crippen LogP contribution in [-0.2, 0) is 9.59 Å². The van der Waals surface area contributed by atoms with Gasteiger partial charge in [-0.2, -0.15) is 0 Å². The third kappa shape index (κ3) is 7.90. The van der Waals surface area contributed by atoms with Crippen molar-refractivity contribution in [1.82, 2.24) is 5.32 Å². The highest BCUT2D eigenvalue weighted by Gasteiger charge is 2.16. The van der Waals surface area contributed by atoms with Gasteiger partial charge in [-0.05, 0) is 71.4 Å². The van der Waals surface area contributed by atoms with Crippen LogP contribution in [0, 0.1) is 0 Å². The number of thioether (sulfide) groups is 1. The molecule has 0 unspecified atom stereocenters. The number of para-hydroxylation sites is 1. The highest BCUT2D eigenvalue weighted by Crippen LogP contribution is 2.24. The SMILES string of the molecule is COc1ccccc1/C=C(\NC(=O)c1ccccc1)C(=O)Nc1ccc(SCC(=O)Nc2ccc3ccccc3c2)cc1. The van der Waals surface area contributed by atoms with E-state index < -0.39 is 11.8 Å². The number of hydrogen-bond donors (Lipinski definition) is 3. The third-order valence-electron chi connectivity index (χ3n) is 6.48. The maximum atomic E-state index is 13.3. The molecule has 0 aliphatic carbocycles. The summed E-state index contributed by atoms with van der Waals surface area (Å²) in [4.78, 5) is 39.7. The van der Waals surface area contributed by atoms with Crippen LogP contribution in [0.25, 0.3) is 16.8 Å². The fourth-order valence-corrected chi connectivity index (χ4v) is 5.03. The molecule has 0 fully saturated rings. The van der Waals surface area contributed by atoms with Crippen LogP contribution in [0.15, 0.2) is 132 Å². The van der Waals surface area contributed by atoms with Crippen molar-refractivity contribution in [3.63, 3.8) is 0 Å². The van der Waals surface area contributed by atoms with Gasteiger partial charge in [-0.3, -0.25) is 14.4 Å². The second-order valence-corrected chi connectivity index (χ2v) is 10.5. The normalized spacial score (nSPS) is 11.0. The maximum Gasteiger partial charge on any atom is 0.272 e. The van der Waals surface area contributed by atoms with Gasteiger partial charge in [0.2, 0.25) is 5.91 Å². The highest BCUT2D eigenvalue weighted by molar-refractivity contribution is 8.00. The first kappa shape index (κ1) is 29.2. The molecule has 0 saturated carbocycles. The van der Waals surface area contributed by atoms with Gasteiger partial charge in [0.15, 0.2) is 0 Å². The van der Waals surface area contributed by atoms with Gasteiger partial charge in [0.25, 0.3) is 11.8 Å². The minimum atomic E-state index is -0.495. The largest absolute Gasteiger partial charge is 0.496 e. The van der Waals surface area contributed by atoms with Crippen LogP contribution in [-0.4, -0.2) is 30.6 Å². The molecule has 3 N–H and O–H groups in total. The third-order valence-corrected chi connectivity index (χ3v) is 7.49. The lowest BCUT2D eigenvalue weighted by molar-refractivity contribution is -0.114. The summed E-state index contributed by atoms with van der Waals surface area (Å²) >= 11 is 1.39. The summed E-state index contributed by atoms with van der Waals surface area (Å²) < 4.78 is 5.42. The van der Waals surface area contributed by atoms with E-state index in [0.29, 0.717) is 22.6 Å². The molecule has 43 heavy (non-hydrogen) atoms. The van der Waals surface area contributed by atoms with Gasteiger partial charge in [0.05, 0.1) is 12.9 Å². The van der Waals surface area contributed by atoms with Crippen molar-refractivity contribution in [1.29, 1.82) is 0 Å². The molecule has 8 heteroatoms. The molecule has 7 nitrogen and oxygen atoms in total. The second-order valence-electron chi connectivity index (χ2n) is 9.50. The fourth-order valence-electron chi connectivity index (χ4n) is 4.33. The molecule has 0 aliphatic heterocycles. The summed E-state index contributed by atoms with van der Waals surface area (Å²) in [5.41, 5.74) is 2.40. The summed E-state index contributed by atoms with van der Waals surface area (Å²) in [7, 11) is 1.54. The molecule has 0 aliphatic rings. The summed E-state index contributed by atoms with van der Waals surface area (Å²) in [6, 6.07) is 36.9. The number of anilines is 2. The molecule has 3 amide bonds. The van der Waals surface area contributed by atoms with Crippen LogP contribution in [0.5, 0.6) is 5.75 Å². The smallest absolute Gasteiger partial charge is 0.272 e. The molecule has 5 rings (SSSR count). The van der Waals surface area contributed by atoms with Crippen LogP contribution in [0.3, 0.4) is 0 Å². The minimum Gasteiger partial charge on any atom is -0.496 e. The van der Waals surface area contributed by atoms with Gasteiger partial charge in [0.1, 0.15) is 11.4 Å². The summed E-state index contributed by atoms with van der Waals surface area (Å²) in [6.45, 7) is 0.